The summed E-state index contributed by atoms with van der Waals surface area (Å²) in [5.74, 6) is 0.383. The Hall–Kier alpha value is -1.71. The minimum atomic E-state index is 0.164. The van der Waals surface area contributed by atoms with E-state index in [1.54, 1.807) is 0 Å². The van der Waals surface area contributed by atoms with Gasteiger partial charge in [0, 0.05) is 24.5 Å². The third-order valence-electron chi connectivity index (χ3n) is 4.19. The molecule has 2 aliphatic rings. The molecule has 3 N–H and O–H groups in total. The van der Waals surface area contributed by atoms with Crippen molar-refractivity contribution in [1.29, 1.82) is 0 Å². The molecule has 2 heterocycles. The second-order valence-electron chi connectivity index (χ2n) is 5.30. The molecule has 2 fully saturated rings. The average molecular weight is 245 g/mol. The number of fused-ring (bicyclic) bond motifs is 1. The number of carbonyl (C=O) groups excluding carboxylic acids is 1. The highest BCUT2D eigenvalue weighted by Gasteiger charge is 2.40. The molecule has 0 aromatic heterocycles. The minimum absolute atomic E-state index is 0.164. The number of anilines is 2. The van der Waals surface area contributed by atoms with Crippen molar-refractivity contribution in [3.05, 3.63) is 23.8 Å². The van der Waals surface area contributed by atoms with Crippen molar-refractivity contribution >= 4 is 17.3 Å². The molecule has 4 nitrogen and oxygen atoms in total. The van der Waals surface area contributed by atoms with Crippen LogP contribution in [0.4, 0.5) is 11.4 Å². The zero-order valence-corrected chi connectivity index (χ0v) is 10.6. The summed E-state index contributed by atoms with van der Waals surface area (Å²) >= 11 is 0. The van der Waals surface area contributed by atoms with Crippen LogP contribution in [0.1, 0.15) is 18.4 Å². The summed E-state index contributed by atoms with van der Waals surface area (Å²) in [5, 5.41) is 2.98. The van der Waals surface area contributed by atoms with Gasteiger partial charge in [0.2, 0.25) is 5.91 Å². The van der Waals surface area contributed by atoms with Crippen LogP contribution in [0.25, 0.3) is 0 Å². The Morgan fingerprint density at radius 3 is 3.06 bits per heavy atom. The summed E-state index contributed by atoms with van der Waals surface area (Å²) in [6.45, 7) is 3.82. The second-order valence-corrected chi connectivity index (χ2v) is 5.30. The summed E-state index contributed by atoms with van der Waals surface area (Å²) in [4.78, 5) is 14.1. The Balaban J connectivity index is 1.91. The lowest BCUT2D eigenvalue weighted by Gasteiger charge is -2.38. The molecule has 18 heavy (non-hydrogen) atoms. The van der Waals surface area contributed by atoms with Crippen molar-refractivity contribution in [2.75, 3.05) is 23.7 Å². The van der Waals surface area contributed by atoms with Crippen LogP contribution in [-0.4, -0.2) is 25.0 Å². The number of nitrogen functional groups attached to an aromatic ring is 1. The van der Waals surface area contributed by atoms with Crippen LogP contribution in [-0.2, 0) is 4.79 Å². The van der Waals surface area contributed by atoms with E-state index >= 15 is 0 Å². The van der Waals surface area contributed by atoms with Gasteiger partial charge in [-0.15, -0.1) is 0 Å². The summed E-state index contributed by atoms with van der Waals surface area (Å²) in [6, 6.07) is 6.46. The lowest BCUT2D eigenvalue weighted by Crippen LogP contribution is -2.45. The van der Waals surface area contributed by atoms with Gasteiger partial charge in [-0.2, -0.15) is 0 Å². The van der Waals surface area contributed by atoms with Gasteiger partial charge in [-0.1, -0.05) is 0 Å². The monoisotopic (exact) mass is 245 g/mol. The van der Waals surface area contributed by atoms with Gasteiger partial charge in [0.05, 0.1) is 12.0 Å². The highest BCUT2D eigenvalue weighted by Crippen LogP contribution is 2.32. The fourth-order valence-electron chi connectivity index (χ4n) is 3.11. The smallest absolute Gasteiger partial charge is 0.225 e. The number of carbonyl (C=O) groups is 1. The molecule has 2 atom stereocenters. The maximum atomic E-state index is 11.7. The molecule has 96 valence electrons. The van der Waals surface area contributed by atoms with Crippen LogP contribution in [0.2, 0.25) is 0 Å². The highest BCUT2D eigenvalue weighted by atomic mass is 16.2. The molecular weight excluding hydrogens is 226 g/mol. The molecular formula is C14H19N3O. The molecule has 1 amide bonds. The SMILES string of the molecule is Cc1cc(N2CCCC3C(=O)NCC32)ccc1N. The van der Waals surface area contributed by atoms with Gasteiger partial charge in [-0.3, -0.25) is 4.79 Å². The predicted octanol–water partition coefficient (Wildman–Crippen LogP) is 1.29. The van der Waals surface area contributed by atoms with Crippen LogP contribution in [0, 0.1) is 12.8 Å². The van der Waals surface area contributed by atoms with Gasteiger partial charge in [-0.05, 0) is 43.5 Å². The second kappa shape index (κ2) is 4.19. The number of hydrogen-bond acceptors (Lipinski definition) is 3. The van der Waals surface area contributed by atoms with Crippen LogP contribution in [0.15, 0.2) is 18.2 Å². The van der Waals surface area contributed by atoms with Gasteiger partial charge < -0.3 is 16.0 Å². The molecule has 1 aromatic carbocycles. The number of aryl methyl sites for hydroxylation is 1. The van der Waals surface area contributed by atoms with Gasteiger partial charge in [0.15, 0.2) is 0 Å². The van der Waals surface area contributed by atoms with E-state index in [2.05, 4.69) is 22.3 Å². The maximum Gasteiger partial charge on any atom is 0.225 e. The van der Waals surface area contributed by atoms with E-state index in [1.807, 2.05) is 13.0 Å². The summed E-state index contributed by atoms with van der Waals surface area (Å²) < 4.78 is 0. The zero-order valence-electron chi connectivity index (χ0n) is 10.6. The number of nitrogens with zero attached hydrogens (tertiary/aromatic N) is 1. The first-order chi connectivity index (χ1) is 8.66. The number of nitrogens with one attached hydrogen (secondary N) is 1. The average Bonchev–Trinajstić information content (AvgIpc) is 2.75. The first-order valence-corrected chi connectivity index (χ1v) is 6.57. The van der Waals surface area contributed by atoms with E-state index in [-0.39, 0.29) is 11.8 Å². The standard InChI is InChI=1S/C14H19N3O/c1-9-7-10(4-5-12(9)15)17-6-2-3-11-13(17)8-16-14(11)18/h4-5,7,11,13H,2-3,6,8,15H2,1H3,(H,16,18). The Labute approximate surface area is 107 Å². The molecule has 2 unspecified atom stereocenters. The van der Waals surface area contributed by atoms with E-state index in [0.29, 0.717) is 6.04 Å². The van der Waals surface area contributed by atoms with Crippen molar-refractivity contribution < 1.29 is 4.79 Å². The molecule has 0 aliphatic carbocycles. The van der Waals surface area contributed by atoms with E-state index < -0.39 is 0 Å². The fraction of sp³-hybridized carbons (Fsp3) is 0.500. The van der Waals surface area contributed by atoms with Crippen molar-refractivity contribution in [2.45, 2.75) is 25.8 Å². The van der Waals surface area contributed by atoms with Gasteiger partial charge in [0.1, 0.15) is 0 Å². The first kappa shape index (κ1) is 11.4. The van der Waals surface area contributed by atoms with Crippen LogP contribution >= 0.6 is 0 Å². The Bertz CT molecular complexity index is 486. The Kier molecular flexibility index (Phi) is 2.65. The van der Waals surface area contributed by atoms with Crippen LogP contribution in [0.5, 0.6) is 0 Å². The molecule has 0 bridgehead atoms. The molecule has 3 rings (SSSR count). The van der Waals surface area contributed by atoms with Crippen molar-refractivity contribution in [3.63, 3.8) is 0 Å². The molecule has 4 heteroatoms. The minimum Gasteiger partial charge on any atom is -0.399 e. The topological polar surface area (TPSA) is 58.4 Å². The van der Waals surface area contributed by atoms with Crippen molar-refractivity contribution in [1.82, 2.24) is 5.32 Å². The van der Waals surface area contributed by atoms with Crippen LogP contribution in [0.3, 0.4) is 0 Å². The van der Waals surface area contributed by atoms with Gasteiger partial charge in [-0.25, -0.2) is 0 Å². The number of rotatable bonds is 1. The number of amides is 1. The van der Waals surface area contributed by atoms with Gasteiger partial charge in [0.25, 0.3) is 0 Å². The number of benzene rings is 1. The molecule has 1 aromatic rings. The van der Waals surface area contributed by atoms with Crippen molar-refractivity contribution in [2.24, 2.45) is 5.92 Å². The number of hydrogen-bond donors (Lipinski definition) is 2. The lowest BCUT2D eigenvalue weighted by atomic mass is 9.91. The van der Waals surface area contributed by atoms with Crippen molar-refractivity contribution in [3.8, 4) is 0 Å². The van der Waals surface area contributed by atoms with E-state index in [4.69, 9.17) is 5.73 Å². The Morgan fingerprint density at radius 2 is 2.28 bits per heavy atom. The summed E-state index contributed by atoms with van der Waals surface area (Å²) in [7, 11) is 0. The third-order valence-corrected chi connectivity index (χ3v) is 4.19. The van der Waals surface area contributed by atoms with Crippen LogP contribution < -0.4 is 16.0 Å². The summed E-state index contributed by atoms with van der Waals surface area (Å²) in [6.07, 6.45) is 2.10. The maximum absolute atomic E-state index is 11.7. The third kappa shape index (κ3) is 1.72. The predicted molar refractivity (Wildman–Crippen MR) is 72.5 cm³/mol. The van der Waals surface area contributed by atoms with E-state index in [1.165, 1.54) is 5.69 Å². The molecule has 0 saturated carbocycles. The molecule has 0 radical (unpaired) electrons. The molecule has 0 spiro atoms. The normalized spacial score (nSPS) is 26.9. The van der Waals surface area contributed by atoms with Gasteiger partial charge >= 0.3 is 0 Å². The number of nitrogens with two attached hydrogens (primary N) is 1. The fourth-order valence-corrected chi connectivity index (χ4v) is 3.11. The quantitative estimate of drug-likeness (QED) is 0.733. The highest BCUT2D eigenvalue weighted by molar-refractivity contribution is 5.83. The largest absolute Gasteiger partial charge is 0.399 e. The summed E-state index contributed by atoms with van der Waals surface area (Å²) in [5.41, 5.74) is 8.98. The number of piperidine rings is 1. The van der Waals surface area contributed by atoms with E-state index in [0.717, 1.165) is 37.2 Å². The van der Waals surface area contributed by atoms with E-state index in [9.17, 15) is 4.79 Å². The Morgan fingerprint density at radius 1 is 1.44 bits per heavy atom. The molecule has 2 saturated heterocycles. The lowest BCUT2D eigenvalue weighted by molar-refractivity contribution is -0.122. The molecule has 2 aliphatic heterocycles. The first-order valence-electron chi connectivity index (χ1n) is 6.57. The zero-order chi connectivity index (χ0) is 12.7.